The van der Waals surface area contributed by atoms with E-state index in [0.717, 1.165) is 7.05 Å². The highest BCUT2D eigenvalue weighted by atomic mass is 32.2. The van der Waals surface area contributed by atoms with Crippen LogP contribution in [0.4, 0.5) is 17.6 Å². The maximum Gasteiger partial charge on any atom is 0.333 e. The Labute approximate surface area is 120 Å². The molecule has 21 heavy (non-hydrogen) atoms. The molecule has 0 aromatic rings. The molecule has 124 valence electrons. The van der Waals surface area contributed by atoms with E-state index in [9.17, 15) is 30.8 Å². The lowest BCUT2D eigenvalue weighted by Gasteiger charge is -2.19. The van der Waals surface area contributed by atoms with E-state index >= 15 is 0 Å². The van der Waals surface area contributed by atoms with E-state index in [0.29, 0.717) is 4.31 Å². The molecule has 0 aromatic carbocycles. The molecule has 0 bridgehead atoms. The smallest absolute Gasteiger partial charge is 0.333 e. The number of halogens is 4. The van der Waals surface area contributed by atoms with Crippen molar-refractivity contribution in [3.8, 4) is 0 Å². The number of ether oxygens (including phenoxy) is 1. The summed E-state index contributed by atoms with van der Waals surface area (Å²) in [4.78, 5) is 11.0. The Morgan fingerprint density at radius 3 is 2.33 bits per heavy atom. The minimum absolute atomic E-state index is 0.122. The highest BCUT2D eigenvalue weighted by Gasteiger charge is 2.41. The fourth-order valence-corrected chi connectivity index (χ4v) is 2.25. The van der Waals surface area contributed by atoms with E-state index in [4.69, 9.17) is 0 Å². The van der Waals surface area contributed by atoms with Crippen LogP contribution in [0.2, 0.25) is 0 Å². The fraction of sp³-hybridized carbons (Fsp3) is 0.727. The van der Waals surface area contributed by atoms with Crippen LogP contribution in [0, 0.1) is 0 Å². The molecule has 0 heterocycles. The predicted octanol–water partition coefficient (Wildman–Crippen LogP) is 1.66. The molecule has 0 amide bonds. The molecule has 0 unspecified atom stereocenters. The van der Waals surface area contributed by atoms with Crippen LogP contribution in [0.3, 0.4) is 0 Å². The van der Waals surface area contributed by atoms with Crippen molar-refractivity contribution in [2.24, 2.45) is 0 Å². The van der Waals surface area contributed by atoms with Crippen molar-refractivity contribution in [3.63, 3.8) is 0 Å². The van der Waals surface area contributed by atoms with Gasteiger partial charge in [0, 0.05) is 25.6 Å². The van der Waals surface area contributed by atoms with Gasteiger partial charge in [0.1, 0.15) is 6.61 Å². The summed E-state index contributed by atoms with van der Waals surface area (Å²) in [6.07, 6.45) is -5.40. The van der Waals surface area contributed by atoms with E-state index in [-0.39, 0.29) is 18.7 Å². The first-order valence-electron chi connectivity index (χ1n) is 5.83. The highest BCUT2D eigenvalue weighted by Crippen LogP contribution is 2.27. The Morgan fingerprint density at radius 1 is 1.38 bits per heavy atom. The number of alkyl halides is 4. The largest absolute Gasteiger partial charge is 0.461 e. The Balaban J connectivity index is 4.38. The topological polar surface area (TPSA) is 63.7 Å². The van der Waals surface area contributed by atoms with Gasteiger partial charge in [0.25, 0.3) is 0 Å². The third kappa shape index (κ3) is 6.89. The number of carbonyl (C=O) groups excluding carboxylic acids is 1. The molecule has 5 nitrogen and oxygen atoms in total. The second kappa shape index (κ2) is 7.74. The van der Waals surface area contributed by atoms with Gasteiger partial charge in [-0.25, -0.2) is 35.1 Å². The van der Waals surface area contributed by atoms with Crippen molar-refractivity contribution < 1.29 is 35.5 Å². The van der Waals surface area contributed by atoms with Crippen LogP contribution in [0.25, 0.3) is 0 Å². The summed E-state index contributed by atoms with van der Waals surface area (Å²) >= 11 is 0. The van der Waals surface area contributed by atoms with Crippen LogP contribution in [0.1, 0.15) is 13.3 Å². The molecule has 0 aliphatic rings. The van der Waals surface area contributed by atoms with Crippen molar-refractivity contribution in [2.45, 2.75) is 25.7 Å². The van der Waals surface area contributed by atoms with Gasteiger partial charge >= 0.3 is 18.3 Å². The zero-order valence-corrected chi connectivity index (χ0v) is 12.4. The van der Waals surface area contributed by atoms with Crippen molar-refractivity contribution >= 4 is 16.0 Å². The van der Waals surface area contributed by atoms with Crippen LogP contribution >= 0.6 is 0 Å². The Kier molecular flexibility index (Phi) is 7.31. The molecule has 0 fully saturated rings. The molecule has 0 spiro atoms. The van der Waals surface area contributed by atoms with E-state index in [1.807, 2.05) is 0 Å². The number of rotatable bonds is 9. The van der Waals surface area contributed by atoms with Gasteiger partial charge in [-0.2, -0.15) is 0 Å². The van der Waals surface area contributed by atoms with Gasteiger partial charge in [0.05, 0.1) is 5.75 Å². The van der Waals surface area contributed by atoms with Gasteiger partial charge in [-0.15, -0.1) is 0 Å². The average Bonchev–Trinajstić information content (AvgIpc) is 2.35. The van der Waals surface area contributed by atoms with E-state index in [2.05, 4.69) is 11.3 Å². The molecule has 0 radical (unpaired) electrons. The van der Waals surface area contributed by atoms with Crippen molar-refractivity contribution in [2.75, 3.05) is 26.0 Å². The number of hydrogen-bond donors (Lipinski definition) is 0. The first kappa shape index (κ1) is 19.8. The minimum Gasteiger partial charge on any atom is -0.461 e. The monoisotopic (exact) mass is 335 g/mol. The first-order chi connectivity index (χ1) is 9.40. The van der Waals surface area contributed by atoms with Gasteiger partial charge in [-0.1, -0.05) is 6.58 Å². The van der Waals surface area contributed by atoms with E-state index in [1.54, 1.807) is 0 Å². The number of nitrogens with zero attached hydrogens (tertiary/aromatic N) is 1. The third-order valence-corrected chi connectivity index (χ3v) is 4.33. The van der Waals surface area contributed by atoms with Crippen molar-refractivity contribution in [3.05, 3.63) is 12.2 Å². The fourth-order valence-electron chi connectivity index (χ4n) is 1.06. The second-order valence-corrected chi connectivity index (χ2v) is 6.56. The number of sulfonamides is 1. The van der Waals surface area contributed by atoms with E-state index in [1.165, 1.54) is 6.92 Å². The maximum atomic E-state index is 12.7. The van der Waals surface area contributed by atoms with Crippen LogP contribution < -0.4 is 0 Å². The number of esters is 1. The molecule has 0 rings (SSSR count). The highest BCUT2D eigenvalue weighted by molar-refractivity contribution is 7.89. The minimum atomic E-state index is -4.36. The van der Waals surface area contributed by atoms with Gasteiger partial charge in [0.2, 0.25) is 10.0 Å². The summed E-state index contributed by atoms with van der Waals surface area (Å²) < 4.78 is 77.7. The predicted molar refractivity (Wildman–Crippen MR) is 67.8 cm³/mol. The summed E-state index contributed by atoms with van der Waals surface area (Å²) in [7, 11) is -3.07. The maximum absolute atomic E-state index is 12.7. The van der Waals surface area contributed by atoms with E-state index < -0.39 is 40.5 Å². The molecule has 10 heteroatoms. The molecule has 0 aliphatic heterocycles. The molecule has 0 aromatic heterocycles. The van der Waals surface area contributed by atoms with Crippen molar-refractivity contribution in [1.29, 1.82) is 0 Å². The van der Waals surface area contributed by atoms with Gasteiger partial charge in [-0.3, -0.25) is 0 Å². The molecule has 0 N–H and O–H groups in total. The lowest BCUT2D eigenvalue weighted by molar-refractivity contribution is -0.139. The van der Waals surface area contributed by atoms with Crippen molar-refractivity contribution in [1.82, 2.24) is 4.31 Å². The van der Waals surface area contributed by atoms with Crippen LogP contribution in [0.15, 0.2) is 12.2 Å². The quantitative estimate of drug-likeness (QED) is 0.365. The number of hydrogen-bond acceptors (Lipinski definition) is 4. The lowest BCUT2D eigenvalue weighted by Crippen LogP contribution is -2.36. The SMILES string of the molecule is C=C(C)C(=O)OCCN(C)S(=O)(=O)CCC(F)(F)C(F)F. The standard InChI is InChI=1S/C11H17F4NO4S/c1-8(2)9(17)20-6-5-16(3)21(18,19)7-4-11(14,15)10(12)13/h10H,1,4-7H2,2-3H3. The van der Waals surface area contributed by atoms with Crippen LogP contribution in [0.5, 0.6) is 0 Å². The summed E-state index contributed by atoms with van der Waals surface area (Å²) in [5, 5.41) is 0. The first-order valence-corrected chi connectivity index (χ1v) is 7.43. The Bertz CT molecular complexity index is 479. The third-order valence-electron chi connectivity index (χ3n) is 2.48. The van der Waals surface area contributed by atoms with Gasteiger partial charge in [0.15, 0.2) is 0 Å². The van der Waals surface area contributed by atoms with Crippen LogP contribution in [-0.2, 0) is 19.6 Å². The second-order valence-electron chi connectivity index (χ2n) is 4.37. The lowest BCUT2D eigenvalue weighted by atomic mass is 10.3. The summed E-state index contributed by atoms with van der Waals surface area (Å²) in [6.45, 7) is 4.14. The zero-order valence-electron chi connectivity index (χ0n) is 11.6. The van der Waals surface area contributed by atoms with Gasteiger partial charge < -0.3 is 4.74 Å². The Hall–Kier alpha value is -1.16. The number of carbonyl (C=O) groups is 1. The molecule has 0 saturated heterocycles. The molecular weight excluding hydrogens is 318 g/mol. The molecule has 0 saturated carbocycles. The zero-order chi connectivity index (χ0) is 16.8. The average molecular weight is 335 g/mol. The van der Waals surface area contributed by atoms with Crippen LogP contribution in [-0.4, -0.2) is 57.0 Å². The summed E-state index contributed by atoms with van der Waals surface area (Å²) in [5.41, 5.74) is 0.122. The summed E-state index contributed by atoms with van der Waals surface area (Å²) in [6, 6.07) is 0. The van der Waals surface area contributed by atoms with Gasteiger partial charge in [-0.05, 0) is 6.92 Å². The summed E-state index contributed by atoms with van der Waals surface area (Å²) in [5.74, 6) is -6.21. The Morgan fingerprint density at radius 2 is 1.90 bits per heavy atom. The normalized spacial score (nSPS) is 12.8. The number of likely N-dealkylation sites (N-methyl/N-ethyl adjacent to an activating group) is 1. The molecular formula is C11H17F4NO4S. The molecule has 0 atom stereocenters. The molecule has 0 aliphatic carbocycles.